The Hall–Kier alpha value is -3.23. The Labute approximate surface area is 167 Å². The molecule has 2 aliphatic rings. The molecule has 1 unspecified atom stereocenters. The number of carboxylic acids is 1. The van der Waals surface area contributed by atoms with Gasteiger partial charge in [0.1, 0.15) is 6.04 Å². The summed E-state index contributed by atoms with van der Waals surface area (Å²) < 4.78 is 0. The number of carbonyl (C=O) groups is 5. The minimum Gasteiger partial charge on any atom is -0.481 e. The third kappa shape index (κ3) is 4.13. The van der Waals surface area contributed by atoms with Gasteiger partial charge in [0.25, 0.3) is 11.8 Å². The zero-order chi connectivity index (χ0) is 21.3. The summed E-state index contributed by atoms with van der Waals surface area (Å²) in [6, 6.07) is 3.99. The van der Waals surface area contributed by atoms with Crippen LogP contribution < -0.4 is 10.6 Å². The average molecular weight is 401 g/mol. The van der Waals surface area contributed by atoms with Crippen molar-refractivity contribution in [3.8, 4) is 0 Å². The fourth-order valence-electron chi connectivity index (χ4n) is 3.41. The van der Waals surface area contributed by atoms with Crippen molar-refractivity contribution >= 4 is 29.6 Å². The predicted octanol–water partition coefficient (Wildman–Crippen LogP) is 0.678. The van der Waals surface area contributed by atoms with Crippen molar-refractivity contribution in [1.82, 2.24) is 15.5 Å². The first-order valence-electron chi connectivity index (χ1n) is 9.39. The van der Waals surface area contributed by atoms with Crippen LogP contribution in [0, 0.1) is 5.41 Å². The maximum Gasteiger partial charge on any atom is 0.309 e. The zero-order valence-corrected chi connectivity index (χ0v) is 16.3. The van der Waals surface area contributed by atoms with E-state index in [-0.39, 0.29) is 50.1 Å². The fourth-order valence-corrected chi connectivity index (χ4v) is 3.41. The van der Waals surface area contributed by atoms with Gasteiger partial charge in [0.05, 0.1) is 5.41 Å². The predicted molar refractivity (Wildman–Crippen MR) is 101 cm³/mol. The second-order valence-electron chi connectivity index (χ2n) is 7.97. The van der Waals surface area contributed by atoms with Gasteiger partial charge in [-0.1, -0.05) is 0 Å². The van der Waals surface area contributed by atoms with Crippen LogP contribution in [0.3, 0.4) is 0 Å². The smallest absolute Gasteiger partial charge is 0.309 e. The summed E-state index contributed by atoms with van der Waals surface area (Å²) in [7, 11) is 0. The zero-order valence-electron chi connectivity index (χ0n) is 16.3. The van der Waals surface area contributed by atoms with Crippen LogP contribution in [0.15, 0.2) is 18.2 Å². The molecule has 2 heterocycles. The van der Waals surface area contributed by atoms with E-state index in [1.54, 1.807) is 26.0 Å². The number of fused-ring (bicyclic) bond motifs is 1. The van der Waals surface area contributed by atoms with E-state index >= 15 is 0 Å². The second kappa shape index (κ2) is 7.65. The van der Waals surface area contributed by atoms with Crippen LogP contribution in [0.1, 0.15) is 59.4 Å². The van der Waals surface area contributed by atoms with Gasteiger partial charge >= 0.3 is 5.97 Å². The Morgan fingerprint density at radius 1 is 1.28 bits per heavy atom. The first kappa shape index (κ1) is 20.5. The van der Waals surface area contributed by atoms with Crippen molar-refractivity contribution in [2.45, 2.75) is 45.7 Å². The molecule has 154 valence electrons. The molecule has 0 spiro atoms. The molecule has 1 aromatic carbocycles. The first-order valence-corrected chi connectivity index (χ1v) is 9.39. The third-order valence-electron chi connectivity index (χ3n) is 5.40. The van der Waals surface area contributed by atoms with Crippen molar-refractivity contribution in [3.63, 3.8) is 0 Å². The summed E-state index contributed by atoms with van der Waals surface area (Å²) in [5.74, 6) is -2.43. The third-order valence-corrected chi connectivity index (χ3v) is 5.40. The van der Waals surface area contributed by atoms with Crippen LogP contribution in [-0.2, 0) is 20.9 Å². The number of hydrogen-bond acceptors (Lipinski definition) is 5. The summed E-state index contributed by atoms with van der Waals surface area (Å²) in [5, 5.41) is 14.1. The lowest BCUT2D eigenvalue weighted by molar-refractivity contribution is -0.147. The van der Waals surface area contributed by atoms with Crippen molar-refractivity contribution in [2.24, 2.45) is 5.41 Å². The summed E-state index contributed by atoms with van der Waals surface area (Å²) in [4.78, 5) is 61.0. The SMILES string of the molecule is CC(C)(CCNC(=O)c1ccc2c(c1)CN(C1CCC(=O)NC1=O)C2=O)C(=O)O. The summed E-state index contributed by atoms with van der Waals surface area (Å²) >= 11 is 0. The number of nitrogens with one attached hydrogen (secondary N) is 2. The minimum atomic E-state index is -0.944. The number of piperidine rings is 1. The van der Waals surface area contributed by atoms with Gasteiger partial charge in [-0.2, -0.15) is 0 Å². The van der Waals surface area contributed by atoms with Crippen LogP contribution in [0.25, 0.3) is 0 Å². The topological polar surface area (TPSA) is 133 Å². The van der Waals surface area contributed by atoms with Crippen molar-refractivity contribution in [3.05, 3.63) is 34.9 Å². The fraction of sp³-hybridized carbons (Fsp3) is 0.450. The van der Waals surface area contributed by atoms with Crippen LogP contribution in [0.5, 0.6) is 0 Å². The van der Waals surface area contributed by atoms with E-state index in [9.17, 15) is 24.0 Å². The lowest BCUT2D eigenvalue weighted by Crippen LogP contribution is -2.52. The number of nitrogens with zero attached hydrogens (tertiary/aromatic N) is 1. The van der Waals surface area contributed by atoms with E-state index in [1.165, 1.54) is 11.0 Å². The molecule has 3 rings (SSSR count). The molecule has 0 radical (unpaired) electrons. The van der Waals surface area contributed by atoms with E-state index in [2.05, 4.69) is 10.6 Å². The Kier molecular flexibility index (Phi) is 5.41. The molecular weight excluding hydrogens is 378 g/mol. The van der Waals surface area contributed by atoms with Crippen molar-refractivity contribution in [2.75, 3.05) is 6.54 Å². The Morgan fingerprint density at radius 2 is 2.00 bits per heavy atom. The van der Waals surface area contributed by atoms with Crippen LogP contribution in [0.4, 0.5) is 0 Å². The maximum atomic E-state index is 12.7. The Morgan fingerprint density at radius 3 is 2.66 bits per heavy atom. The van der Waals surface area contributed by atoms with Crippen molar-refractivity contribution in [1.29, 1.82) is 0 Å². The average Bonchev–Trinajstić information content (AvgIpc) is 2.97. The second-order valence-corrected chi connectivity index (χ2v) is 7.97. The number of aliphatic carboxylic acids is 1. The number of hydrogen-bond donors (Lipinski definition) is 3. The van der Waals surface area contributed by atoms with E-state index < -0.39 is 23.3 Å². The molecule has 0 aliphatic carbocycles. The number of carboxylic acid groups (broad SMARTS) is 1. The monoisotopic (exact) mass is 401 g/mol. The summed E-state index contributed by atoms with van der Waals surface area (Å²) in [5.41, 5.74) is 0.478. The van der Waals surface area contributed by atoms with Crippen LogP contribution >= 0.6 is 0 Å². The summed E-state index contributed by atoms with van der Waals surface area (Å²) in [6.07, 6.45) is 0.731. The molecule has 1 fully saturated rings. The largest absolute Gasteiger partial charge is 0.481 e. The molecule has 3 N–H and O–H groups in total. The molecule has 0 aromatic heterocycles. The maximum absolute atomic E-state index is 12.7. The molecule has 0 saturated carbocycles. The molecular formula is C20H23N3O6. The molecule has 9 heteroatoms. The Balaban J connectivity index is 1.66. The van der Waals surface area contributed by atoms with E-state index in [0.29, 0.717) is 16.7 Å². The highest BCUT2D eigenvalue weighted by Crippen LogP contribution is 2.28. The van der Waals surface area contributed by atoms with Gasteiger partial charge in [-0.15, -0.1) is 0 Å². The van der Waals surface area contributed by atoms with Gasteiger partial charge < -0.3 is 15.3 Å². The number of benzene rings is 1. The summed E-state index contributed by atoms with van der Waals surface area (Å²) in [6.45, 7) is 3.57. The molecule has 4 amide bonds. The first-order chi connectivity index (χ1) is 13.6. The number of amides is 4. The number of carbonyl (C=O) groups excluding carboxylic acids is 4. The van der Waals surface area contributed by atoms with E-state index in [1.807, 2.05) is 0 Å². The highest BCUT2D eigenvalue weighted by atomic mass is 16.4. The minimum absolute atomic E-state index is 0.177. The van der Waals surface area contributed by atoms with Crippen LogP contribution in [-0.4, -0.2) is 52.2 Å². The molecule has 0 bridgehead atoms. The molecule has 1 saturated heterocycles. The molecule has 1 aromatic rings. The van der Waals surface area contributed by atoms with Gasteiger partial charge in [0, 0.05) is 30.6 Å². The highest BCUT2D eigenvalue weighted by molar-refractivity contribution is 6.06. The quantitative estimate of drug-likeness (QED) is 0.601. The molecule has 29 heavy (non-hydrogen) atoms. The van der Waals surface area contributed by atoms with Gasteiger partial charge in [-0.3, -0.25) is 29.3 Å². The highest BCUT2D eigenvalue weighted by Gasteiger charge is 2.39. The number of imide groups is 1. The number of rotatable bonds is 6. The van der Waals surface area contributed by atoms with Gasteiger partial charge in [0.15, 0.2) is 0 Å². The molecule has 1 atom stereocenters. The van der Waals surface area contributed by atoms with Gasteiger partial charge in [0.2, 0.25) is 11.8 Å². The van der Waals surface area contributed by atoms with Gasteiger partial charge in [-0.25, -0.2) is 0 Å². The van der Waals surface area contributed by atoms with Crippen LogP contribution in [0.2, 0.25) is 0 Å². The molecule has 2 aliphatic heterocycles. The van der Waals surface area contributed by atoms with E-state index in [4.69, 9.17) is 5.11 Å². The Bertz CT molecular complexity index is 907. The van der Waals surface area contributed by atoms with Crippen molar-refractivity contribution < 1.29 is 29.1 Å². The lowest BCUT2D eigenvalue weighted by Gasteiger charge is -2.29. The molecule has 9 nitrogen and oxygen atoms in total. The standard InChI is InChI=1S/C20H23N3O6/c1-20(2,19(28)29)7-8-21-16(25)11-3-4-13-12(9-11)10-23(18(13)27)14-5-6-15(24)22-17(14)26/h3-4,9,14H,5-8,10H2,1-2H3,(H,21,25)(H,28,29)(H,22,24,26). The normalized spacial score (nSPS) is 19.0. The van der Waals surface area contributed by atoms with E-state index in [0.717, 1.165) is 0 Å². The van der Waals surface area contributed by atoms with Gasteiger partial charge in [-0.05, 0) is 50.5 Å². The lowest BCUT2D eigenvalue weighted by atomic mass is 9.89.